The Morgan fingerprint density at radius 3 is 2.41 bits per heavy atom. The zero-order valence-electron chi connectivity index (χ0n) is 17.5. The number of sulfonamides is 1. The van der Waals surface area contributed by atoms with Crippen molar-refractivity contribution in [3.63, 3.8) is 0 Å². The maximum atomic E-state index is 13.1. The van der Waals surface area contributed by atoms with Gasteiger partial charge in [0.1, 0.15) is 6.61 Å². The van der Waals surface area contributed by atoms with Gasteiger partial charge in [0.05, 0.1) is 23.5 Å². The fourth-order valence-corrected chi connectivity index (χ4v) is 5.18. The molecule has 9 nitrogen and oxygen atoms in total. The quantitative estimate of drug-likeness (QED) is 0.622. The second kappa shape index (κ2) is 9.92. The van der Waals surface area contributed by atoms with Gasteiger partial charge < -0.3 is 15.2 Å². The summed E-state index contributed by atoms with van der Waals surface area (Å²) in [4.78, 5) is 35.6. The van der Waals surface area contributed by atoms with Crippen LogP contribution in [0.25, 0.3) is 0 Å². The number of carbonyl (C=O) groups excluding carboxylic acids is 3. The highest BCUT2D eigenvalue weighted by Gasteiger charge is 2.34. The van der Waals surface area contributed by atoms with E-state index < -0.39 is 33.8 Å². The van der Waals surface area contributed by atoms with Crippen LogP contribution in [0, 0.1) is 5.92 Å². The number of methoxy groups -OCH3 is 1. The van der Waals surface area contributed by atoms with Crippen molar-refractivity contribution in [3.05, 3.63) is 65.2 Å². The molecule has 170 valence electrons. The van der Waals surface area contributed by atoms with Gasteiger partial charge in [-0.1, -0.05) is 24.3 Å². The molecule has 0 radical (unpaired) electrons. The molecule has 0 saturated carbocycles. The minimum Gasteiger partial charge on any atom is -0.465 e. The van der Waals surface area contributed by atoms with Crippen molar-refractivity contribution in [2.24, 2.45) is 11.7 Å². The second-order valence-electron chi connectivity index (χ2n) is 7.34. The lowest BCUT2D eigenvalue weighted by Gasteiger charge is -2.30. The maximum Gasteiger partial charge on any atom is 0.339 e. The standard InChI is InChI=1S/C22H24N2O7S/c1-30-22(27)18-7-2-3-8-19(18)32(28,29)24-11-9-16(10-12-24)21(26)31-14-15-5-4-6-17(13-15)20(23)25/h2-8,13,16H,9-12,14H2,1H3,(H2,23,25). The highest BCUT2D eigenvalue weighted by molar-refractivity contribution is 7.89. The van der Waals surface area contributed by atoms with Crippen LogP contribution in [0.15, 0.2) is 53.4 Å². The first kappa shape index (κ1) is 23.4. The van der Waals surface area contributed by atoms with E-state index in [-0.39, 0.29) is 30.2 Å². The number of rotatable bonds is 7. The molecule has 1 saturated heterocycles. The smallest absolute Gasteiger partial charge is 0.339 e. The average Bonchev–Trinajstić information content (AvgIpc) is 2.82. The van der Waals surface area contributed by atoms with Gasteiger partial charge in [0, 0.05) is 18.7 Å². The zero-order chi connectivity index (χ0) is 23.3. The van der Waals surface area contributed by atoms with Gasteiger partial charge in [0.2, 0.25) is 15.9 Å². The van der Waals surface area contributed by atoms with E-state index in [2.05, 4.69) is 4.74 Å². The Kier molecular flexibility index (Phi) is 7.26. The molecule has 0 bridgehead atoms. The summed E-state index contributed by atoms with van der Waals surface area (Å²) < 4.78 is 37.4. The summed E-state index contributed by atoms with van der Waals surface area (Å²) >= 11 is 0. The van der Waals surface area contributed by atoms with Crippen molar-refractivity contribution < 1.29 is 32.3 Å². The number of amides is 1. The third-order valence-corrected chi connectivity index (χ3v) is 7.25. The summed E-state index contributed by atoms with van der Waals surface area (Å²) in [6, 6.07) is 12.4. The van der Waals surface area contributed by atoms with Crippen molar-refractivity contribution >= 4 is 27.9 Å². The topological polar surface area (TPSA) is 133 Å². The van der Waals surface area contributed by atoms with E-state index in [9.17, 15) is 22.8 Å². The van der Waals surface area contributed by atoms with Gasteiger partial charge in [-0.05, 0) is 42.7 Å². The van der Waals surface area contributed by atoms with Gasteiger partial charge in [-0.25, -0.2) is 13.2 Å². The zero-order valence-corrected chi connectivity index (χ0v) is 18.3. The van der Waals surface area contributed by atoms with Gasteiger partial charge in [-0.2, -0.15) is 4.31 Å². The first-order valence-electron chi connectivity index (χ1n) is 9.97. The molecule has 1 aliphatic heterocycles. The summed E-state index contributed by atoms with van der Waals surface area (Å²) in [6.45, 7) is 0.231. The van der Waals surface area contributed by atoms with E-state index in [1.54, 1.807) is 30.3 Å². The Morgan fingerprint density at radius 2 is 1.75 bits per heavy atom. The second-order valence-corrected chi connectivity index (χ2v) is 9.24. The molecule has 10 heteroatoms. The lowest BCUT2D eigenvalue weighted by molar-refractivity contribution is -0.151. The van der Waals surface area contributed by atoms with Crippen LogP contribution in [0.1, 0.15) is 39.1 Å². The number of primary amides is 1. The van der Waals surface area contributed by atoms with Gasteiger partial charge in [0.15, 0.2) is 0 Å². The molecule has 2 aromatic rings. The van der Waals surface area contributed by atoms with Crippen molar-refractivity contribution in [2.45, 2.75) is 24.3 Å². The summed E-state index contributed by atoms with van der Waals surface area (Å²) in [5.74, 6) is -2.18. The molecular formula is C22H24N2O7S. The molecule has 1 heterocycles. The van der Waals surface area contributed by atoms with Crippen molar-refractivity contribution in [2.75, 3.05) is 20.2 Å². The predicted molar refractivity (Wildman–Crippen MR) is 114 cm³/mol. The minimum atomic E-state index is -3.93. The largest absolute Gasteiger partial charge is 0.465 e. The number of piperidine rings is 1. The van der Waals surface area contributed by atoms with Crippen LogP contribution < -0.4 is 5.73 Å². The SMILES string of the molecule is COC(=O)c1ccccc1S(=O)(=O)N1CCC(C(=O)OCc2cccc(C(N)=O)c2)CC1. The van der Waals surface area contributed by atoms with Crippen LogP contribution in [0.2, 0.25) is 0 Å². The molecule has 0 aliphatic carbocycles. The molecule has 0 unspecified atom stereocenters. The van der Waals surface area contributed by atoms with Crippen molar-refractivity contribution in [1.29, 1.82) is 0 Å². The summed E-state index contributed by atoms with van der Waals surface area (Å²) in [5, 5.41) is 0. The van der Waals surface area contributed by atoms with E-state index in [0.717, 1.165) is 0 Å². The Morgan fingerprint density at radius 1 is 1.06 bits per heavy atom. The van der Waals surface area contributed by atoms with E-state index in [1.807, 2.05) is 0 Å². The van der Waals surface area contributed by atoms with Gasteiger partial charge >= 0.3 is 11.9 Å². The molecule has 0 atom stereocenters. The van der Waals surface area contributed by atoms with Gasteiger partial charge in [-0.3, -0.25) is 9.59 Å². The lowest BCUT2D eigenvalue weighted by Crippen LogP contribution is -2.41. The molecule has 1 amide bonds. The highest BCUT2D eigenvalue weighted by Crippen LogP contribution is 2.27. The van der Waals surface area contributed by atoms with Crippen molar-refractivity contribution in [1.82, 2.24) is 4.31 Å². The fourth-order valence-electron chi connectivity index (χ4n) is 3.53. The monoisotopic (exact) mass is 460 g/mol. The van der Waals surface area contributed by atoms with Crippen LogP contribution in [0.5, 0.6) is 0 Å². The normalized spacial score (nSPS) is 15.2. The first-order chi connectivity index (χ1) is 15.2. The van der Waals surface area contributed by atoms with Crippen LogP contribution in [0.4, 0.5) is 0 Å². The van der Waals surface area contributed by atoms with E-state index in [4.69, 9.17) is 10.5 Å². The van der Waals surface area contributed by atoms with E-state index >= 15 is 0 Å². The number of hydrogen-bond donors (Lipinski definition) is 1. The van der Waals surface area contributed by atoms with Crippen LogP contribution in [-0.2, 0) is 30.9 Å². The summed E-state index contributed by atoms with van der Waals surface area (Å²) in [7, 11) is -2.74. The molecule has 0 aromatic heterocycles. The fraction of sp³-hybridized carbons (Fsp3) is 0.318. The number of hydrogen-bond acceptors (Lipinski definition) is 7. The molecule has 0 spiro atoms. The molecule has 2 N–H and O–H groups in total. The molecule has 1 aliphatic rings. The molecular weight excluding hydrogens is 436 g/mol. The third kappa shape index (κ3) is 5.14. The predicted octanol–water partition coefficient (Wildman–Crippen LogP) is 1.72. The summed E-state index contributed by atoms with van der Waals surface area (Å²) in [6.07, 6.45) is 0.583. The molecule has 1 fully saturated rings. The minimum absolute atomic E-state index is 0.00896. The number of ether oxygens (including phenoxy) is 2. The molecule has 2 aromatic carbocycles. The van der Waals surface area contributed by atoms with Crippen molar-refractivity contribution in [3.8, 4) is 0 Å². The summed E-state index contributed by atoms with van der Waals surface area (Å²) in [5.41, 5.74) is 6.18. The number of carbonyl (C=O) groups is 3. The number of nitrogens with zero attached hydrogens (tertiary/aromatic N) is 1. The number of benzene rings is 2. The van der Waals surface area contributed by atoms with Crippen LogP contribution in [-0.4, -0.2) is 50.8 Å². The van der Waals surface area contributed by atoms with Gasteiger partial charge in [-0.15, -0.1) is 0 Å². The molecule has 3 rings (SSSR count). The van der Waals surface area contributed by atoms with Crippen LogP contribution in [0.3, 0.4) is 0 Å². The maximum absolute atomic E-state index is 13.1. The average molecular weight is 461 g/mol. The Balaban J connectivity index is 1.61. The van der Waals surface area contributed by atoms with Gasteiger partial charge in [0.25, 0.3) is 0 Å². The van der Waals surface area contributed by atoms with Crippen LogP contribution >= 0.6 is 0 Å². The lowest BCUT2D eigenvalue weighted by atomic mass is 9.98. The number of esters is 2. The van der Waals surface area contributed by atoms with E-state index in [0.29, 0.717) is 24.0 Å². The molecule has 32 heavy (non-hydrogen) atoms. The highest BCUT2D eigenvalue weighted by atomic mass is 32.2. The Bertz CT molecular complexity index is 1120. The first-order valence-corrected chi connectivity index (χ1v) is 11.4. The Labute approximate surface area is 186 Å². The third-order valence-electron chi connectivity index (χ3n) is 5.29. The van der Waals surface area contributed by atoms with E-state index in [1.165, 1.54) is 29.6 Å². The Hall–Kier alpha value is -3.24. The number of nitrogens with two attached hydrogens (primary N) is 1.